The van der Waals surface area contributed by atoms with Crippen LogP contribution >= 0.6 is 0 Å². The molecule has 2 saturated heterocycles. The fourth-order valence-electron chi connectivity index (χ4n) is 4.73. The number of rotatable bonds is 4. The van der Waals surface area contributed by atoms with Gasteiger partial charge in [-0.25, -0.2) is 13.8 Å². The lowest BCUT2D eigenvalue weighted by Gasteiger charge is -2.39. The highest BCUT2D eigenvalue weighted by atomic mass is 19.3. The number of amides is 1. The van der Waals surface area contributed by atoms with Crippen LogP contribution in [0.5, 0.6) is 0 Å². The summed E-state index contributed by atoms with van der Waals surface area (Å²) in [6, 6.07) is 8.95. The molecule has 0 N–H and O–H groups in total. The Bertz CT molecular complexity index is 1230. The van der Waals surface area contributed by atoms with Crippen molar-refractivity contribution in [3.8, 4) is 5.95 Å². The number of alkyl halides is 2. The second kappa shape index (κ2) is 9.37. The topological polar surface area (TPSA) is 79.6 Å². The maximum absolute atomic E-state index is 14.1. The molecular formula is C24H29F2N7O2. The Kier molecular flexibility index (Phi) is 6.26. The van der Waals surface area contributed by atoms with E-state index in [0.29, 0.717) is 62.0 Å². The van der Waals surface area contributed by atoms with Crippen LogP contribution in [0, 0.1) is 0 Å². The molecule has 5 rings (SSSR count). The van der Waals surface area contributed by atoms with E-state index >= 15 is 0 Å². The molecule has 11 heteroatoms. The van der Waals surface area contributed by atoms with E-state index in [9.17, 15) is 13.6 Å². The van der Waals surface area contributed by atoms with Crippen LogP contribution in [-0.4, -0.2) is 81.8 Å². The molecule has 3 aromatic rings. The first-order valence-electron chi connectivity index (χ1n) is 11.9. The summed E-state index contributed by atoms with van der Waals surface area (Å²) in [5.74, 6) is 1.09. The molecule has 0 unspecified atom stereocenters. The number of piperazine rings is 1. The van der Waals surface area contributed by atoms with Crippen LogP contribution < -0.4 is 9.80 Å². The molecule has 0 bridgehead atoms. The molecule has 35 heavy (non-hydrogen) atoms. The molecule has 0 aliphatic carbocycles. The van der Waals surface area contributed by atoms with Gasteiger partial charge in [-0.1, -0.05) is 12.1 Å². The monoisotopic (exact) mass is 485 g/mol. The Balaban J connectivity index is 1.63. The van der Waals surface area contributed by atoms with Crippen molar-refractivity contribution < 1.29 is 18.3 Å². The lowest BCUT2D eigenvalue weighted by Crippen LogP contribution is -2.50. The summed E-state index contributed by atoms with van der Waals surface area (Å²) in [6.45, 7) is 9.16. The summed E-state index contributed by atoms with van der Waals surface area (Å²) in [6.07, 6.45) is -2.80. The van der Waals surface area contributed by atoms with E-state index in [2.05, 4.69) is 21.7 Å². The van der Waals surface area contributed by atoms with Gasteiger partial charge in [0.1, 0.15) is 11.6 Å². The van der Waals surface area contributed by atoms with E-state index in [-0.39, 0.29) is 29.8 Å². The van der Waals surface area contributed by atoms with E-state index in [0.717, 1.165) is 0 Å². The molecule has 0 spiro atoms. The number of morpholine rings is 1. The third kappa shape index (κ3) is 4.40. The van der Waals surface area contributed by atoms with Crippen molar-refractivity contribution in [1.29, 1.82) is 0 Å². The molecule has 1 aromatic carbocycles. The van der Waals surface area contributed by atoms with Crippen LogP contribution in [-0.2, 0) is 9.53 Å². The maximum Gasteiger partial charge on any atom is 0.296 e. The van der Waals surface area contributed by atoms with Crippen molar-refractivity contribution in [3.05, 3.63) is 36.2 Å². The fourth-order valence-corrected chi connectivity index (χ4v) is 4.73. The summed E-state index contributed by atoms with van der Waals surface area (Å²) in [5, 5.41) is 0. The van der Waals surface area contributed by atoms with Gasteiger partial charge in [0.25, 0.3) is 6.43 Å². The van der Waals surface area contributed by atoms with Crippen molar-refractivity contribution in [2.75, 3.05) is 49.1 Å². The third-order valence-corrected chi connectivity index (χ3v) is 6.90. The highest BCUT2D eigenvalue weighted by molar-refractivity contribution is 5.78. The van der Waals surface area contributed by atoms with Crippen molar-refractivity contribution in [1.82, 2.24) is 24.4 Å². The molecular weight excluding hydrogens is 456 g/mol. The highest BCUT2D eigenvalue weighted by Gasteiger charge is 2.30. The number of anilines is 2. The van der Waals surface area contributed by atoms with Gasteiger partial charge < -0.3 is 19.4 Å². The molecule has 2 atom stereocenters. The number of hydrogen-bond donors (Lipinski definition) is 0. The van der Waals surface area contributed by atoms with Gasteiger partial charge in [0.15, 0.2) is 5.82 Å². The Morgan fingerprint density at radius 3 is 2.46 bits per heavy atom. The summed E-state index contributed by atoms with van der Waals surface area (Å²) < 4.78 is 35.3. The van der Waals surface area contributed by atoms with Gasteiger partial charge in [0, 0.05) is 45.7 Å². The van der Waals surface area contributed by atoms with Crippen molar-refractivity contribution in [3.63, 3.8) is 0 Å². The van der Waals surface area contributed by atoms with E-state index in [4.69, 9.17) is 14.7 Å². The molecule has 0 saturated carbocycles. The molecule has 4 heterocycles. The van der Waals surface area contributed by atoms with Crippen LogP contribution in [0.2, 0.25) is 0 Å². The predicted molar refractivity (Wildman–Crippen MR) is 128 cm³/mol. The van der Waals surface area contributed by atoms with Crippen LogP contribution in [0.3, 0.4) is 0 Å². The average Bonchev–Trinajstić information content (AvgIpc) is 3.26. The van der Waals surface area contributed by atoms with Gasteiger partial charge in [0.05, 0.1) is 29.8 Å². The van der Waals surface area contributed by atoms with Crippen molar-refractivity contribution in [2.24, 2.45) is 0 Å². The molecule has 2 fully saturated rings. The van der Waals surface area contributed by atoms with Gasteiger partial charge in [-0.05, 0) is 26.0 Å². The standard InChI is InChI=1S/C24H29F2N7O2/c1-15-16(2)35-13-12-32(15)21-14-20(31-10-8-30(9-11-31)17(3)34)28-24(29-21)33-19-7-5-4-6-18(19)27-23(33)22(25)26/h4-7,14-16,22H,8-13H2,1-3H3/t15-,16+/m1/s1. The lowest BCUT2D eigenvalue weighted by molar-refractivity contribution is -0.129. The van der Waals surface area contributed by atoms with Crippen LogP contribution in [0.4, 0.5) is 20.4 Å². The van der Waals surface area contributed by atoms with E-state index in [1.165, 1.54) is 4.57 Å². The minimum absolute atomic E-state index is 0.00423. The molecule has 186 valence electrons. The number of imidazole rings is 1. The molecule has 2 aromatic heterocycles. The van der Waals surface area contributed by atoms with Gasteiger partial charge in [-0.2, -0.15) is 9.97 Å². The molecule has 2 aliphatic rings. The zero-order valence-electron chi connectivity index (χ0n) is 20.1. The first-order valence-corrected chi connectivity index (χ1v) is 11.9. The number of aromatic nitrogens is 4. The SMILES string of the molecule is CC(=O)N1CCN(c2cc(N3CCO[C@@H](C)[C@H]3C)nc(-n3c(C(F)F)nc4ccccc43)n2)CC1. The van der Waals surface area contributed by atoms with Crippen molar-refractivity contribution >= 4 is 28.6 Å². The van der Waals surface area contributed by atoms with Gasteiger partial charge in [-0.15, -0.1) is 0 Å². The van der Waals surface area contributed by atoms with E-state index in [1.54, 1.807) is 36.1 Å². The van der Waals surface area contributed by atoms with Gasteiger partial charge in [0.2, 0.25) is 11.9 Å². The quantitative estimate of drug-likeness (QED) is 0.562. The Morgan fingerprint density at radius 2 is 1.74 bits per heavy atom. The zero-order chi connectivity index (χ0) is 24.7. The number of carbonyl (C=O) groups is 1. The number of para-hydroxylation sites is 2. The number of ether oxygens (including phenoxy) is 1. The highest BCUT2D eigenvalue weighted by Crippen LogP contribution is 2.30. The van der Waals surface area contributed by atoms with Gasteiger partial charge >= 0.3 is 0 Å². The van der Waals surface area contributed by atoms with Crippen molar-refractivity contribution in [2.45, 2.75) is 39.3 Å². The minimum atomic E-state index is -2.79. The molecule has 9 nitrogen and oxygen atoms in total. The maximum atomic E-state index is 14.1. The minimum Gasteiger partial charge on any atom is -0.375 e. The van der Waals surface area contributed by atoms with Crippen LogP contribution in [0.25, 0.3) is 17.0 Å². The Labute approximate surface area is 202 Å². The number of hydrogen-bond acceptors (Lipinski definition) is 7. The first-order chi connectivity index (χ1) is 16.8. The fraction of sp³-hybridized carbons (Fsp3) is 0.500. The molecule has 2 aliphatic heterocycles. The second-order valence-electron chi connectivity index (χ2n) is 8.98. The second-order valence-corrected chi connectivity index (χ2v) is 8.98. The Hall–Kier alpha value is -3.34. The smallest absolute Gasteiger partial charge is 0.296 e. The van der Waals surface area contributed by atoms with E-state index in [1.807, 2.05) is 13.0 Å². The summed E-state index contributed by atoms with van der Waals surface area (Å²) in [4.78, 5) is 31.5. The number of benzene rings is 1. The summed E-state index contributed by atoms with van der Waals surface area (Å²) in [7, 11) is 0. The third-order valence-electron chi connectivity index (χ3n) is 6.90. The first kappa shape index (κ1) is 23.4. The summed E-state index contributed by atoms with van der Waals surface area (Å²) in [5.41, 5.74) is 0.984. The lowest BCUT2D eigenvalue weighted by atomic mass is 10.1. The number of nitrogens with zero attached hydrogens (tertiary/aromatic N) is 7. The van der Waals surface area contributed by atoms with Crippen LogP contribution in [0.15, 0.2) is 30.3 Å². The largest absolute Gasteiger partial charge is 0.375 e. The number of halogens is 2. The van der Waals surface area contributed by atoms with E-state index < -0.39 is 6.43 Å². The zero-order valence-corrected chi connectivity index (χ0v) is 20.1. The van der Waals surface area contributed by atoms with Gasteiger partial charge in [-0.3, -0.25) is 9.36 Å². The molecule has 0 radical (unpaired) electrons. The summed E-state index contributed by atoms with van der Waals surface area (Å²) >= 11 is 0. The molecule has 1 amide bonds. The number of carbonyl (C=O) groups excluding carboxylic acids is 1. The average molecular weight is 486 g/mol. The normalized spacial score (nSPS) is 21.3. The Morgan fingerprint density at radius 1 is 1.03 bits per heavy atom. The predicted octanol–water partition coefficient (Wildman–Crippen LogP) is 3.04. The van der Waals surface area contributed by atoms with Crippen LogP contribution in [0.1, 0.15) is 33.0 Å². The number of fused-ring (bicyclic) bond motifs is 1.